The number of nitrogens with zero attached hydrogens (tertiary/aromatic N) is 1. The molecule has 1 aromatic rings. The third kappa shape index (κ3) is 3.30. The average molecular weight is 308 g/mol. The fourth-order valence-corrected chi connectivity index (χ4v) is 4.56. The summed E-state index contributed by atoms with van der Waals surface area (Å²) in [5.41, 5.74) is 0. The second-order valence-corrected chi connectivity index (χ2v) is 7.49. The molecule has 3 rings (SSSR count). The van der Waals surface area contributed by atoms with Gasteiger partial charge in [0, 0.05) is 54.9 Å². The lowest BCUT2D eigenvalue weighted by Gasteiger charge is -2.44. The van der Waals surface area contributed by atoms with Gasteiger partial charge in [-0.05, 0) is 31.9 Å². The van der Waals surface area contributed by atoms with Crippen LogP contribution in [0, 0.1) is 18.8 Å². The zero-order valence-electron chi connectivity index (χ0n) is 12.8. The molecule has 3 heterocycles. The second kappa shape index (κ2) is 6.46. The van der Waals surface area contributed by atoms with Crippen molar-refractivity contribution in [1.82, 2.24) is 10.2 Å². The van der Waals surface area contributed by atoms with Crippen molar-refractivity contribution in [3.05, 3.63) is 21.9 Å². The molecule has 4 nitrogen and oxygen atoms in total. The van der Waals surface area contributed by atoms with Crippen LogP contribution in [0.5, 0.6) is 0 Å². The molecule has 2 aliphatic rings. The van der Waals surface area contributed by atoms with E-state index in [1.165, 1.54) is 9.75 Å². The summed E-state index contributed by atoms with van der Waals surface area (Å²) in [4.78, 5) is 17.4. The second-order valence-electron chi connectivity index (χ2n) is 6.12. The van der Waals surface area contributed by atoms with Gasteiger partial charge in [0.2, 0.25) is 5.91 Å². The third-order valence-electron chi connectivity index (χ3n) is 4.71. The predicted molar refractivity (Wildman–Crippen MR) is 84.4 cm³/mol. The molecule has 21 heavy (non-hydrogen) atoms. The summed E-state index contributed by atoms with van der Waals surface area (Å²) < 4.78 is 5.91. The van der Waals surface area contributed by atoms with E-state index in [1.807, 2.05) is 11.3 Å². The minimum Gasteiger partial charge on any atom is -0.378 e. The van der Waals surface area contributed by atoms with Crippen LogP contribution in [0.2, 0.25) is 0 Å². The Labute approximate surface area is 130 Å². The first-order chi connectivity index (χ1) is 10.2. The molecule has 2 saturated heterocycles. The van der Waals surface area contributed by atoms with E-state index < -0.39 is 0 Å². The van der Waals surface area contributed by atoms with E-state index in [2.05, 4.69) is 29.3 Å². The highest BCUT2D eigenvalue weighted by molar-refractivity contribution is 7.11. The first kappa shape index (κ1) is 15.0. The van der Waals surface area contributed by atoms with Crippen molar-refractivity contribution in [3.63, 3.8) is 0 Å². The van der Waals surface area contributed by atoms with E-state index in [0.29, 0.717) is 5.92 Å². The summed E-state index contributed by atoms with van der Waals surface area (Å²) >= 11 is 1.87. The van der Waals surface area contributed by atoms with Gasteiger partial charge in [0.05, 0.1) is 6.10 Å². The number of carbonyl (C=O) groups is 1. The van der Waals surface area contributed by atoms with Gasteiger partial charge in [0.15, 0.2) is 0 Å². The molecule has 1 amide bonds. The summed E-state index contributed by atoms with van der Waals surface area (Å²) in [5, 5.41) is 2.82. The largest absolute Gasteiger partial charge is 0.378 e. The van der Waals surface area contributed by atoms with Gasteiger partial charge in [0.1, 0.15) is 0 Å². The van der Waals surface area contributed by atoms with E-state index in [0.717, 1.165) is 39.1 Å². The Kier molecular flexibility index (Phi) is 4.62. The summed E-state index contributed by atoms with van der Waals surface area (Å²) in [7, 11) is 1.74. The first-order valence-corrected chi connectivity index (χ1v) is 8.60. The molecular weight excluding hydrogens is 284 g/mol. The normalized spacial score (nSPS) is 29.9. The number of nitrogens with one attached hydrogen (secondary N) is 1. The Morgan fingerprint density at radius 3 is 3.05 bits per heavy atom. The van der Waals surface area contributed by atoms with Crippen LogP contribution in [0.3, 0.4) is 0 Å². The lowest BCUT2D eigenvalue weighted by molar-refractivity contribution is -0.141. The maximum absolute atomic E-state index is 12.1. The van der Waals surface area contributed by atoms with Crippen molar-refractivity contribution < 1.29 is 9.53 Å². The van der Waals surface area contributed by atoms with Gasteiger partial charge in [-0.3, -0.25) is 9.69 Å². The highest BCUT2D eigenvalue weighted by Gasteiger charge is 2.41. The van der Waals surface area contributed by atoms with Crippen molar-refractivity contribution in [2.75, 3.05) is 26.7 Å². The molecule has 116 valence electrons. The van der Waals surface area contributed by atoms with Gasteiger partial charge < -0.3 is 10.1 Å². The van der Waals surface area contributed by atoms with Crippen LogP contribution in [0.15, 0.2) is 12.1 Å². The molecule has 1 aromatic heterocycles. The minimum atomic E-state index is 0.113. The Morgan fingerprint density at radius 1 is 1.48 bits per heavy atom. The smallest absolute Gasteiger partial charge is 0.223 e. The molecule has 2 fully saturated rings. The lowest BCUT2D eigenvalue weighted by Crippen LogP contribution is -2.52. The van der Waals surface area contributed by atoms with Gasteiger partial charge in [-0.1, -0.05) is 0 Å². The first-order valence-electron chi connectivity index (χ1n) is 7.78. The molecule has 0 unspecified atom stereocenters. The van der Waals surface area contributed by atoms with Crippen LogP contribution < -0.4 is 5.32 Å². The standard InChI is InChI=1S/C16H24N2O2S/c1-11-3-4-12(21-11)9-18-7-5-15-14(10-18)13(6-8-20-15)16(19)17-2/h3-4,13-15H,5-10H2,1-2H3,(H,17,19)/t13-,14+,15-/m1/s1. The monoisotopic (exact) mass is 308 g/mol. The number of rotatable bonds is 3. The van der Waals surface area contributed by atoms with Gasteiger partial charge in [-0.2, -0.15) is 0 Å². The number of carbonyl (C=O) groups excluding carboxylic acids is 1. The van der Waals surface area contributed by atoms with Crippen molar-refractivity contribution in [2.45, 2.75) is 32.4 Å². The molecule has 0 aliphatic carbocycles. The summed E-state index contributed by atoms with van der Waals surface area (Å²) in [6.45, 7) is 5.92. The highest BCUT2D eigenvalue weighted by Crippen LogP contribution is 2.34. The number of thiophene rings is 1. The van der Waals surface area contributed by atoms with Crippen molar-refractivity contribution >= 4 is 17.2 Å². The van der Waals surface area contributed by atoms with Crippen LogP contribution in [-0.2, 0) is 16.1 Å². The average Bonchev–Trinajstić information content (AvgIpc) is 2.91. The number of fused-ring (bicyclic) bond motifs is 1. The fraction of sp³-hybridized carbons (Fsp3) is 0.688. The summed E-state index contributed by atoms with van der Waals surface area (Å²) in [5.74, 6) is 0.636. The van der Waals surface area contributed by atoms with E-state index in [4.69, 9.17) is 4.74 Å². The van der Waals surface area contributed by atoms with E-state index in [9.17, 15) is 4.79 Å². The highest BCUT2D eigenvalue weighted by atomic mass is 32.1. The van der Waals surface area contributed by atoms with Crippen LogP contribution >= 0.6 is 11.3 Å². The third-order valence-corrected chi connectivity index (χ3v) is 5.70. The van der Waals surface area contributed by atoms with Crippen molar-refractivity contribution in [2.24, 2.45) is 11.8 Å². The number of amides is 1. The Hall–Kier alpha value is -0.910. The van der Waals surface area contributed by atoms with Gasteiger partial charge in [-0.25, -0.2) is 0 Å². The number of piperidine rings is 1. The van der Waals surface area contributed by atoms with E-state index >= 15 is 0 Å². The molecule has 0 aromatic carbocycles. The zero-order valence-corrected chi connectivity index (χ0v) is 13.6. The zero-order chi connectivity index (χ0) is 14.8. The summed E-state index contributed by atoms with van der Waals surface area (Å²) in [6.07, 6.45) is 2.16. The lowest BCUT2D eigenvalue weighted by atomic mass is 9.79. The molecule has 0 bridgehead atoms. The molecule has 1 N–H and O–H groups in total. The topological polar surface area (TPSA) is 41.6 Å². The van der Waals surface area contributed by atoms with E-state index in [1.54, 1.807) is 7.05 Å². The number of hydrogen-bond acceptors (Lipinski definition) is 4. The molecule has 3 atom stereocenters. The number of ether oxygens (including phenoxy) is 1. The Balaban J connectivity index is 1.66. The Bertz CT molecular complexity index is 502. The molecule has 5 heteroatoms. The predicted octanol–water partition coefficient (Wildman–Crippen LogP) is 2.03. The number of likely N-dealkylation sites (tertiary alicyclic amines) is 1. The maximum Gasteiger partial charge on any atom is 0.223 e. The van der Waals surface area contributed by atoms with Crippen molar-refractivity contribution in [1.29, 1.82) is 0 Å². The van der Waals surface area contributed by atoms with Crippen LogP contribution in [0.1, 0.15) is 22.6 Å². The van der Waals surface area contributed by atoms with E-state index in [-0.39, 0.29) is 17.9 Å². The van der Waals surface area contributed by atoms with Crippen LogP contribution in [0.25, 0.3) is 0 Å². The molecule has 0 spiro atoms. The Morgan fingerprint density at radius 2 is 2.33 bits per heavy atom. The quantitative estimate of drug-likeness (QED) is 0.929. The number of hydrogen-bond donors (Lipinski definition) is 1. The van der Waals surface area contributed by atoms with Crippen LogP contribution in [-0.4, -0.2) is 43.7 Å². The molecular formula is C16H24N2O2S. The number of aryl methyl sites for hydroxylation is 1. The summed E-state index contributed by atoms with van der Waals surface area (Å²) in [6, 6.07) is 4.41. The SMILES string of the molecule is CNC(=O)[C@@H]1CCO[C@@H]2CCN(Cc3ccc(C)s3)C[C@H]21. The fourth-order valence-electron chi connectivity index (χ4n) is 3.63. The van der Waals surface area contributed by atoms with Gasteiger partial charge >= 0.3 is 0 Å². The molecule has 0 radical (unpaired) electrons. The van der Waals surface area contributed by atoms with Gasteiger partial charge in [0.25, 0.3) is 0 Å². The van der Waals surface area contributed by atoms with Gasteiger partial charge in [-0.15, -0.1) is 11.3 Å². The minimum absolute atomic E-state index is 0.113. The molecule has 0 saturated carbocycles. The molecule has 2 aliphatic heterocycles. The van der Waals surface area contributed by atoms with Crippen LogP contribution in [0.4, 0.5) is 0 Å². The van der Waals surface area contributed by atoms with Crippen molar-refractivity contribution in [3.8, 4) is 0 Å². The maximum atomic E-state index is 12.1.